The van der Waals surface area contributed by atoms with Crippen molar-refractivity contribution in [2.45, 2.75) is 6.92 Å². The average molecular weight is 151 g/mol. The van der Waals surface area contributed by atoms with E-state index in [-0.39, 0.29) is 5.82 Å². The van der Waals surface area contributed by atoms with Gasteiger partial charge in [-0.25, -0.2) is 4.39 Å². The summed E-state index contributed by atoms with van der Waals surface area (Å²) in [4.78, 5) is 0. The van der Waals surface area contributed by atoms with Crippen LogP contribution in [0.1, 0.15) is 12.5 Å². The van der Waals surface area contributed by atoms with Crippen molar-refractivity contribution in [1.82, 2.24) is 0 Å². The van der Waals surface area contributed by atoms with Crippen LogP contribution in [0.25, 0.3) is 5.70 Å². The lowest BCUT2D eigenvalue weighted by atomic mass is 10.1. The molecule has 1 nitrogen and oxygen atoms in total. The lowest BCUT2D eigenvalue weighted by Crippen LogP contribution is -1.94. The first-order valence-electron chi connectivity index (χ1n) is 3.42. The van der Waals surface area contributed by atoms with Gasteiger partial charge in [0.15, 0.2) is 0 Å². The van der Waals surface area contributed by atoms with E-state index in [0.29, 0.717) is 5.70 Å². The molecule has 0 fully saturated rings. The minimum absolute atomic E-state index is 0.238. The molecule has 0 aromatic heterocycles. The van der Waals surface area contributed by atoms with E-state index in [2.05, 4.69) is 0 Å². The van der Waals surface area contributed by atoms with E-state index in [0.717, 1.165) is 5.56 Å². The fourth-order valence-electron chi connectivity index (χ4n) is 0.809. The third-order valence-corrected chi connectivity index (χ3v) is 1.49. The van der Waals surface area contributed by atoms with Gasteiger partial charge in [0.25, 0.3) is 0 Å². The van der Waals surface area contributed by atoms with Crippen LogP contribution in [0.4, 0.5) is 4.39 Å². The Morgan fingerprint density at radius 3 is 2.36 bits per heavy atom. The van der Waals surface area contributed by atoms with Gasteiger partial charge in [0, 0.05) is 5.70 Å². The van der Waals surface area contributed by atoms with Gasteiger partial charge in [-0.1, -0.05) is 18.2 Å². The molecule has 0 spiro atoms. The fraction of sp³-hybridized carbons (Fsp3) is 0.111. The summed E-state index contributed by atoms with van der Waals surface area (Å²) in [5, 5.41) is 0. The van der Waals surface area contributed by atoms with Crippen LogP contribution in [-0.2, 0) is 0 Å². The molecule has 0 saturated carbocycles. The molecule has 11 heavy (non-hydrogen) atoms. The molecule has 0 bridgehead atoms. The molecule has 2 heteroatoms. The second-order valence-electron chi connectivity index (χ2n) is 2.25. The predicted octanol–water partition coefficient (Wildman–Crippen LogP) is 2.15. The van der Waals surface area contributed by atoms with Crippen molar-refractivity contribution < 1.29 is 4.39 Å². The third-order valence-electron chi connectivity index (χ3n) is 1.49. The van der Waals surface area contributed by atoms with Crippen molar-refractivity contribution in [1.29, 1.82) is 0 Å². The highest BCUT2D eigenvalue weighted by molar-refractivity contribution is 5.61. The summed E-state index contributed by atoms with van der Waals surface area (Å²) in [5.74, 6) is -0.238. The Labute approximate surface area is 65.3 Å². The van der Waals surface area contributed by atoms with Gasteiger partial charge < -0.3 is 5.73 Å². The second kappa shape index (κ2) is 3.19. The highest BCUT2D eigenvalue weighted by atomic mass is 19.1. The highest BCUT2D eigenvalue weighted by Crippen LogP contribution is 2.08. The van der Waals surface area contributed by atoms with E-state index in [1.54, 1.807) is 18.2 Å². The molecular weight excluding hydrogens is 141 g/mol. The smallest absolute Gasteiger partial charge is 0.123 e. The van der Waals surface area contributed by atoms with Crippen LogP contribution < -0.4 is 5.73 Å². The molecule has 1 aromatic rings. The minimum atomic E-state index is -0.238. The number of rotatable bonds is 1. The van der Waals surface area contributed by atoms with Crippen molar-refractivity contribution in [2.75, 3.05) is 0 Å². The van der Waals surface area contributed by atoms with Crippen LogP contribution in [0.5, 0.6) is 0 Å². The van der Waals surface area contributed by atoms with Gasteiger partial charge >= 0.3 is 0 Å². The van der Waals surface area contributed by atoms with Crippen molar-refractivity contribution in [3.05, 3.63) is 41.7 Å². The fourth-order valence-corrected chi connectivity index (χ4v) is 0.809. The molecule has 1 aromatic carbocycles. The summed E-state index contributed by atoms with van der Waals surface area (Å²) in [6.07, 6.45) is 1.78. The Morgan fingerprint density at radius 2 is 1.91 bits per heavy atom. The van der Waals surface area contributed by atoms with Gasteiger partial charge in [-0.15, -0.1) is 0 Å². The molecule has 0 heterocycles. The normalized spacial score (nSPS) is 11.6. The Hall–Kier alpha value is -1.31. The Kier molecular flexibility index (Phi) is 2.26. The zero-order valence-electron chi connectivity index (χ0n) is 6.34. The summed E-state index contributed by atoms with van der Waals surface area (Å²) in [7, 11) is 0. The molecule has 0 amide bonds. The van der Waals surface area contributed by atoms with E-state index in [9.17, 15) is 4.39 Å². The molecule has 0 radical (unpaired) electrons. The predicted molar refractivity (Wildman–Crippen MR) is 44.2 cm³/mol. The number of allylic oxidation sites excluding steroid dienone is 1. The summed E-state index contributed by atoms with van der Waals surface area (Å²) < 4.78 is 12.4. The second-order valence-corrected chi connectivity index (χ2v) is 2.25. The van der Waals surface area contributed by atoms with Crippen LogP contribution in [-0.4, -0.2) is 0 Å². The summed E-state index contributed by atoms with van der Waals surface area (Å²) in [6.45, 7) is 1.85. The van der Waals surface area contributed by atoms with Crippen molar-refractivity contribution in [3.63, 3.8) is 0 Å². The van der Waals surface area contributed by atoms with Crippen LogP contribution in [0.2, 0.25) is 0 Å². The van der Waals surface area contributed by atoms with Crippen molar-refractivity contribution in [3.8, 4) is 0 Å². The van der Waals surface area contributed by atoms with Gasteiger partial charge in [0.2, 0.25) is 0 Å². The van der Waals surface area contributed by atoms with E-state index in [1.807, 2.05) is 6.92 Å². The maximum atomic E-state index is 12.4. The largest absolute Gasteiger partial charge is 0.399 e. The third kappa shape index (κ3) is 1.80. The monoisotopic (exact) mass is 151 g/mol. The first-order valence-corrected chi connectivity index (χ1v) is 3.42. The molecule has 0 aliphatic carbocycles. The van der Waals surface area contributed by atoms with E-state index < -0.39 is 0 Å². The van der Waals surface area contributed by atoms with Gasteiger partial charge in [0.05, 0.1) is 0 Å². The summed E-state index contributed by atoms with van der Waals surface area (Å²) in [5.41, 5.74) is 7.11. The van der Waals surface area contributed by atoms with Gasteiger partial charge in [0.1, 0.15) is 5.82 Å². The molecule has 0 atom stereocenters. The van der Waals surface area contributed by atoms with Crippen LogP contribution in [0, 0.1) is 5.82 Å². The molecular formula is C9H10FN. The molecule has 2 N–H and O–H groups in total. The molecule has 0 unspecified atom stereocenters. The van der Waals surface area contributed by atoms with E-state index >= 15 is 0 Å². The quantitative estimate of drug-likeness (QED) is 0.653. The highest BCUT2D eigenvalue weighted by Gasteiger charge is 1.93. The van der Waals surface area contributed by atoms with Gasteiger partial charge in [-0.05, 0) is 24.6 Å². The zero-order chi connectivity index (χ0) is 8.27. The van der Waals surface area contributed by atoms with Gasteiger partial charge in [-0.2, -0.15) is 0 Å². The van der Waals surface area contributed by atoms with Crippen LogP contribution in [0.3, 0.4) is 0 Å². The molecule has 58 valence electrons. The first kappa shape index (κ1) is 7.79. The standard InChI is InChI=1S/C9H10FN/c1-2-9(11)7-3-5-8(10)6-4-7/h2-6H,11H2,1H3/b9-2+. The number of hydrogen-bond acceptors (Lipinski definition) is 1. The molecule has 0 saturated heterocycles. The topological polar surface area (TPSA) is 26.0 Å². The lowest BCUT2D eigenvalue weighted by molar-refractivity contribution is 0.627. The SMILES string of the molecule is C/C=C(/N)c1ccc(F)cc1. The van der Waals surface area contributed by atoms with Crippen molar-refractivity contribution in [2.24, 2.45) is 5.73 Å². The van der Waals surface area contributed by atoms with E-state index in [1.165, 1.54) is 12.1 Å². The summed E-state index contributed by atoms with van der Waals surface area (Å²) >= 11 is 0. The number of halogens is 1. The molecule has 1 rings (SSSR count). The Morgan fingerprint density at radius 1 is 1.36 bits per heavy atom. The lowest BCUT2D eigenvalue weighted by Gasteiger charge is -1.98. The first-order chi connectivity index (χ1) is 5.24. The Balaban J connectivity index is 2.99. The number of hydrogen-bond donors (Lipinski definition) is 1. The zero-order valence-corrected chi connectivity index (χ0v) is 6.34. The molecule has 0 aliphatic rings. The molecule has 0 aliphatic heterocycles. The number of nitrogens with two attached hydrogens (primary N) is 1. The van der Waals surface area contributed by atoms with E-state index in [4.69, 9.17) is 5.73 Å². The van der Waals surface area contributed by atoms with Crippen LogP contribution in [0.15, 0.2) is 30.3 Å². The Bertz CT molecular complexity index is 261. The minimum Gasteiger partial charge on any atom is -0.399 e. The average Bonchev–Trinajstić information content (AvgIpc) is 2.05. The van der Waals surface area contributed by atoms with Crippen LogP contribution >= 0.6 is 0 Å². The maximum absolute atomic E-state index is 12.4. The van der Waals surface area contributed by atoms with Crippen molar-refractivity contribution >= 4 is 5.70 Å². The number of benzene rings is 1. The maximum Gasteiger partial charge on any atom is 0.123 e. The van der Waals surface area contributed by atoms with Gasteiger partial charge in [-0.3, -0.25) is 0 Å². The summed E-state index contributed by atoms with van der Waals surface area (Å²) in [6, 6.07) is 6.10.